The monoisotopic (exact) mass is 249 g/mol. The van der Waals surface area contributed by atoms with E-state index in [0.717, 1.165) is 5.56 Å². The summed E-state index contributed by atoms with van der Waals surface area (Å²) in [6.07, 6.45) is 0.569. The van der Waals surface area contributed by atoms with Gasteiger partial charge in [0.15, 0.2) is 0 Å². The Kier molecular flexibility index (Phi) is 3.34. The first-order valence-electron chi connectivity index (χ1n) is 5.67. The van der Waals surface area contributed by atoms with Crippen LogP contribution in [0.1, 0.15) is 22.3 Å². The van der Waals surface area contributed by atoms with Crippen molar-refractivity contribution in [3.8, 4) is 0 Å². The molecular weight excluding hydrogens is 234 g/mol. The van der Waals surface area contributed by atoms with Crippen LogP contribution in [-0.4, -0.2) is 32.2 Å². The minimum atomic E-state index is -0.769. The van der Waals surface area contributed by atoms with Crippen LogP contribution in [-0.2, 0) is 19.7 Å². The first kappa shape index (κ1) is 12.6. The number of hydrogen-bond acceptors (Lipinski definition) is 4. The maximum Gasteiger partial charge on any atom is 0.337 e. The van der Waals surface area contributed by atoms with Crippen molar-refractivity contribution in [1.82, 2.24) is 0 Å². The number of carbonyl (C=O) groups excluding carboxylic acids is 2. The molecule has 1 aliphatic heterocycles. The standard InChI is InChI=1S/C13H15NO4/c1-17-11(15)9-2-4-10(5-3-9)13(12(14)16)6-7-18-8-13/h2-5H,6-8H2,1H3,(H2,14,16). The summed E-state index contributed by atoms with van der Waals surface area (Å²) in [5.41, 5.74) is 5.93. The van der Waals surface area contributed by atoms with Gasteiger partial charge in [0, 0.05) is 6.61 Å². The Balaban J connectivity index is 2.33. The third kappa shape index (κ3) is 1.97. The molecule has 1 fully saturated rings. The lowest BCUT2D eigenvalue weighted by molar-refractivity contribution is -0.123. The smallest absolute Gasteiger partial charge is 0.337 e. The highest BCUT2D eigenvalue weighted by Crippen LogP contribution is 2.33. The fourth-order valence-corrected chi connectivity index (χ4v) is 2.17. The van der Waals surface area contributed by atoms with Crippen LogP contribution < -0.4 is 5.73 Å². The first-order chi connectivity index (χ1) is 8.60. The summed E-state index contributed by atoms with van der Waals surface area (Å²) >= 11 is 0. The van der Waals surface area contributed by atoms with Gasteiger partial charge in [-0.2, -0.15) is 0 Å². The Labute approximate surface area is 105 Å². The second-order valence-electron chi connectivity index (χ2n) is 4.32. The molecule has 0 radical (unpaired) electrons. The van der Waals surface area contributed by atoms with Gasteiger partial charge < -0.3 is 15.2 Å². The second kappa shape index (κ2) is 4.78. The largest absolute Gasteiger partial charge is 0.465 e. The van der Waals surface area contributed by atoms with Crippen LogP contribution in [0.15, 0.2) is 24.3 Å². The zero-order valence-corrected chi connectivity index (χ0v) is 10.1. The third-order valence-corrected chi connectivity index (χ3v) is 3.35. The molecule has 1 atom stereocenters. The van der Waals surface area contributed by atoms with Gasteiger partial charge in [-0.25, -0.2) is 4.79 Å². The van der Waals surface area contributed by atoms with E-state index in [9.17, 15) is 9.59 Å². The summed E-state index contributed by atoms with van der Waals surface area (Å²) in [5.74, 6) is -0.803. The number of methoxy groups -OCH3 is 1. The van der Waals surface area contributed by atoms with Crippen molar-refractivity contribution >= 4 is 11.9 Å². The van der Waals surface area contributed by atoms with Gasteiger partial charge in [0.2, 0.25) is 5.91 Å². The molecule has 1 amide bonds. The van der Waals surface area contributed by atoms with Crippen molar-refractivity contribution < 1.29 is 19.1 Å². The molecule has 1 aromatic rings. The van der Waals surface area contributed by atoms with Gasteiger partial charge >= 0.3 is 5.97 Å². The molecule has 5 heteroatoms. The van der Waals surface area contributed by atoms with E-state index in [1.165, 1.54) is 7.11 Å². The van der Waals surface area contributed by atoms with Crippen molar-refractivity contribution in [3.63, 3.8) is 0 Å². The number of benzene rings is 1. The quantitative estimate of drug-likeness (QED) is 0.796. The number of carbonyl (C=O) groups is 2. The van der Waals surface area contributed by atoms with Crippen LogP contribution in [0.2, 0.25) is 0 Å². The minimum absolute atomic E-state index is 0.292. The van der Waals surface area contributed by atoms with Gasteiger partial charge in [-0.05, 0) is 24.1 Å². The van der Waals surface area contributed by atoms with Crippen LogP contribution in [0, 0.1) is 0 Å². The number of primary amides is 1. The molecule has 5 nitrogen and oxygen atoms in total. The van der Waals surface area contributed by atoms with E-state index in [1.54, 1.807) is 24.3 Å². The molecular formula is C13H15NO4. The highest BCUT2D eigenvalue weighted by Gasteiger charge is 2.42. The Bertz CT molecular complexity index is 460. The molecule has 1 saturated heterocycles. The lowest BCUT2D eigenvalue weighted by Crippen LogP contribution is -2.41. The molecule has 1 aromatic carbocycles. The molecule has 1 aliphatic rings. The average molecular weight is 249 g/mol. The SMILES string of the molecule is COC(=O)c1ccc(C2(C(N)=O)CCOC2)cc1. The fraction of sp³-hybridized carbons (Fsp3) is 0.385. The molecule has 0 saturated carbocycles. The molecule has 2 rings (SSSR count). The van der Waals surface area contributed by atoms with Crippen LogP contribution >= 0.6 is 0 Å². The van der Waals surface area contributed by atoms with Gasteiger partial charge in [0.25, 0.3) is 0 Å². The molecule has 0 spiro atoms. The normalized spacial score (nSPS) is 22.7. The predicted molar refractivity (Wildman–Crippen MR) is 64.1 cm³/mol. The van der Waals surface area contributed by atoms with Crippen LogP contribution in [0.25, 0.3) is 0 Å². The molecule has 18 heavy (non-hydrogen) atoms. The zero-order chi connectivity index (χ0) is 13.2. The van der Waals surface area contributed by atoms with Gasteiger partial charge in [0.05, 0.1) is 24.7 Å². The summed E-state index contributed by atoms with van der Waals surface area (Å²) in [4.78, 5) is 23.0. The van der Waals surface area contributed by atoms with Gasteiger partial charge in [-0.1, -0.05) is 12.1 Å². The number of hydrogen-bond donors (Lipinski definition) is 1. The lowest BCUT2D eigenvalue weighted by Gasteiger charge is -2.23. The fourth-order valence-electron chi connectivity index (χ4n) is 2.17. The Morgan fingerprint density at radius 2 is 2.00 bits per heavy atom. The second-order valence-corrected chi connectivity index (χ2v) is 4.32. The highest BCUT2D eigenvalue weighted by molar-refractivity contribution is 5.90. The molecule has 1 heterocycles. The van der Waals surface area contributed by atoms with Crippen molar-refractivity contribution in [2.45, 2.75) is 11.8 Å². The molecule has 96 valence electrons. The number of esters is 1. The maximum absolute atomic E-state index is 11.6. The number of ether oxygens (including phenoxy) is 2. The summed E-state index contributed by atoms with van der Waals surface area (Å²) < 4.78 is 9.90. The summed E-state index contributed by atoms with van der Waals surface area (Å²) in [6, 6.07) is 6.71. The van der Waals surface area contributed by atoms with Gasteiger partial charge in [-0.15, -0.1) is 0 Å². The van der Waals surface area contributed by atoms with Crippen LogP contribution in [0.5, 0.6) is 0 Å². The molecule has 0 aromatic heterocycles. The topological polar surface area (TPSA) is 78.6 Å². The van der Waals surface area contributed by atoms with E-state index in [1.807, 2.05) is 0 Å². The molecule has 2 N–H and O–H groups in total. The van der Waals surface area contributed by atoms with Gasteiger partial charge in [-0.3, -0.25) is 4.79 Å². The predicted octanol–water partition coefficient (Wildman–Crippen LogP) is 0.617. The van der Waals surface area contributed by atoms with E-state index >= 15 is 0 Å². The first-order valence-corrected chi connectivity index (χ1v) is 5.67. The number of nitrogens with two attached hydrogens (primary N) is 1. The van der Waals surface area contributed by atoms with Crippen molar-refractivity contribution in [2.24, 2.45) is 5.73 Å². The summed E-state index contributed by atoms with van der Waals surface area (Å²) in [5, 5.41) is 0. The van der Waals surface area contributed by atoms with E-state index < -0.39 is 17.3 Å². The van der Waals surface area contributed by atoms with Crippen molar-refractivity contribution in [2.75, 3.05) is 20.3 Å². The van der Waals surface area contributed by atoms with Gasteiger partial charge in [0.1, 0.15) is 0 Å². The Morgan fingerprint density at radius 3 is 2.44 bits per heavy atom. The third-order valence-electron chi connectivity index (χ3n) is 3.35. The summed E-state index contributed by atoms with van der Waals surface area (Å²) in [6.45, 7) is 0.807. The minimum Gasteiger partial charge on any atom is -0.465 e. The Hall–Kier alpha value is -1.88. The zero-order valence-electron chi connectivity index (χ0n) is 10.1. The van der Waals surface area contributed by atoms with E-state index in [2.05, 4.69) is 4.74 Å². The van der Waals surface area contributed by atoms with E-state index in [4.69, 9.17) is 10.5 Å². The Morgan fingerprint density at radius 1 is 1.33 bits per heavy atom. The van der Waals surface area contributed by atoms with E-state index in [0.29, 0.717) is 25.2 Å². The highest BCUT2D eigenvalue weighted by atomic mass is 16.5. The van der Waals surface area contributed by atoms with Crippen LogP contribution in [0.3, 0.4) is 0 Å². The van der Waals surface area contributed by atoms with E-state index in [-0.39, 0.29) is 0 Å². The van der Waals surface area contributed by atoms with Crippen molar-refractivity contribution in [1.29, 1.82) is 0 Å². The number of rotatable bonds is 3. The molecule has 1 unspecified atom stereocenters. The maximum atomic E-state index is 11.6. The lowest BCUT2D eigenvalue weighted by atomic mass is 9.79. The average Bonchev–Trinajstić information content (AvgIpc) is 2.88. The number of amides is 1. The molecule has 0 bridgehead atoms. The van der Waals surface area contributed by atoms with Crippen LogP contribution in [0.4, 0.5) is 0 Å². The van der Waals surface area contributed by atoms with Crippen molar-refractivity contribution in [3.05, 3.63) is 35.4 Å². The molecule has 0 aliphatic carbocycles. The summed E-state index contributed by atoms with van der Waals surface area (Å²) in [7, 11) is 1.33.